The summed E-state index contributed by atoms with van der Waals surface area (Å²) in [5.41, 5.74) is 5.69. The Hall–Kier alpha value is -2.15. The molecule has 0 spiro atoms. The minimum atomic E-state index is -0.177. The topological polar surface area (TPSA) is 47.1 Å². The van der Waals surface area contributed by atoms with Gasteiger partial charge in [0.1, 0.15) is 12.6 Å². The minimum absolute atomic E-state index is 0.177. The number of rotatable bonds is 4. The van der Waals surface area contributed by atoms with Gasteiger partial charge >= 0.3 is 0 Å². The SMILES string of the molecule is CC(CC(=O)N1C2CC3(C)CC1CC(C#N)(C2)C3)C1=[N+](C)c2cccc(C3CC3)c21. The van der Waals surface area contributed by atoms with E-state index in [4.69, 9.17) is 0 Å². The zero-order valence-corrected chi connectivity index (χ0v) is 18.4. The van der Waals surface area contributed by atoms with Crippen molar-refractivity contribution in [3.63, 3.8) is 0 Å². The van der Waals surface area contributed by atoms with Crippen molar-refractivity contribution in [1.29, 1.82) is 5.26 Å². The third-order valence-electron chi connectivity index (χ3n) is 8.80. The fourth-order valence-corrected chi connectivity index (χ4v) is 7.82. The van der Waals surface area contributed by atoms with Crippen LogP contribution in [0.1, 0.15) is 82.3 Å². The van der Waals surface area contributed by atoms with E-state index in [1.807, 2.05) is 0 Å². The number of piperidine rings is 2. The number of benzene rings is 1. The summed E-state index contributed by atoms with van der Waals surface area (Å²) in [6.07, 6.45) is 8.17. The molecule has 3 aliphatic carbocycles. The number of hydrogen-bond donors (Lipinski definition) is 0. The van der Waals surface area contributed by atoms with Crippen molar-refractivity contribution < 1.29 is 9.37 Å². The predicted octanol–water partition coefficient (Wildman–Crippen LogP) is 4.74. The van der Waals surface area contributed by atoms with E-state index in [9.17, 15) is 10.1 Å². The third kappa shape index (κ3) is 2.50. The molecule has 6 aliphatic rings. The second kappa shape index (κ2) is 5.96. The number of nitrogens with zero attached hydrogens (tertiary/aromatic N) is 3. The molecule has 3 heterocycles. The van der Waals surface area contributed by atoms with Gasteiger partial charge < -0.3 is 4.90 Å². The third-order valence-corrected chi connectivity index (χ3v) is 8.80. The summed E-state index contributed by atoms with van der Waals surface area (Å²) in [5, 5.41) is 9.86. The largest absolute Gasteiger partial charge is 0.337 e. The molecule has 7 rings (SSSR count). The van der Waals surface area contributed by atoms with Gasteiger partial charge in [-0.2, -0.15) is 9.84 Å². The lowest BCUT2D eigenvalue weighted by Crippen LogP contribution is -2.65. The van der Waals surface area contributed by atoms with Gasteiger partial charge in [0.2, 0.25) is 11.6 Å². The van der Waals surface area contributed by atoms with Gasteiger partial charge in [0.05, 0.1) is 17.4 Å². The Morgan fingerprint density at radius 1 is 1.27 bits per heavy atom. The first kappa shape index (κ1) is 18.6. The molecule has 1 aromatic rings. The van der Waals surface area contributed by atoms with Crippen molar-refractivity contribution in [2.75, 3.05) is 7.05 Å². The Labute approximate surface area is 179 Å². The van der Waals surface area contributed by atoms with Crippen LogP contribution in [0.3, 0.4) is 0 Å². The smallest absolute Gasteiger partial charge is 0.223 e. The zero-order valence-electron chi connectivity index (χ0n) is 18.4. The summed E-state index contributed by atoms with van der Waals surface area (Å²) >= 11 is 0. The second-order valence-corrected chi connectivity index (χ2v) is 11.4. The normalized spacial score (nSPS) is 36.9. The van der Waals surface area contributed by atoms with E-state index in [0.29, 0.717) is 12.3 Å². The molecule has 3 atom stereocenters. The Bertz CT molecular complexity index is 1010. The van der Waals surface area contributed by atoms with E-state index in [0.717, 1.165) is 38.0 Å². The summed E-state index contributed by atoms with van der Waals surface area (Å²) in [4.78, 5) is 15.8. The molecule has 30 heavy (non-hydrogen) atoms. The van der Waals surface area contributed by atoms with Gasteiger partial charge in [0, 0.05) is 24.6 Å². The van der Waals surface area contributed by atoms with Crippen LogP contribution in [0.2, 0.25) is 0 Å². The first-order valence-electron chi connectivity index (χ1n) is 11.8. The van der Waals surface area contributed by atoms with Crippen molar-refractivity contribution in [2.24, 2.45) is 16.7 Å². The van der Waals surface area contributed by atoms with Crippen molar-refractivity contribution in [2.45, 2.75) is 83.2 Å². The molecule has 3 saturated carbocycles. The van der Waals surface area contributed by atoms with Crippen LogP contribution in [0.25, 0.3) is 0 Å². The van der Waals surface area contributed by atoms with Crippen LogP contribution in [0, 0.1) is 28.1 Å². The van der Waals surface area contributed by atoms with Gasteiger partial charge in [0.25, 0.3) is 0 Å². The van der Waals surface area contributed by atoms with E-state index < -0.39 is 0 Å². The van der Waals surface area contributed by atoms with Crippen LogP contribution < -0.4 is 0 Å². The molecule has 1 amide bonds. The quantitative estimate of drug-likeness (QED) is 0.683. The van der Waals surface area contributed by atoms with E-state index >= 15 is 0 Å². The fraction of sp³-hybridized carbons (Fsp3) is 0.654. The van der Waals surface area contributed by atoms with Gasteiger partial charge in [0.15, 0.2) is 5.71 Å². The minimum Gasteiger partial charge on any atom is -0.337 e. The lowest BCUT2D eigenvalue weighted by molar-refractivity contribution is -0.420. The molecule has 4 bridgehead atoms. The summed E-state index contributed by atoms with van der Waals surface area (Å²) in [7, 11) is 2.15. The molecular weight excluding hydrogens is 370 g/mol. The highest BCUT2D eigenvalue weighted by Crippen LogP contribution is 2.61. The number of carbonyl (C=O) groups excluding carboxylic acids is 1. The van der Waals surface area contributed by atoms with E-state index in [-0.39, 0.29) is 28.8 Å². The summed E-state index contributed by atoms with van der Waals surface area (Å²) in [6.45, 7) is 4.57. The Morgan fingerprint density at radius 2 is 1.97 bits per heavy atom. The molecule has 1 aromatic carbocycles. The standard InChI is InChI=1S/C26H32N3O/c1-16(24-23-20(17-7-8-17)5-4-6-21(23)28(24)3)9-22(30)29-18-10-25(2)11-19(29)13-26(12-18,14-25)15-27/h4-6,16-19H,7-14H2,1-3H3/q+1. The molecule has 4 nitrogen and oxygen atoms in total. The Balaban J connectivity index is 1.23. The summed E-state index contributed by atoms with van der Waals surface area (Å²) in [6, 6.07) is 9.89. The monoisotopic (exact) mass is 402 g/mol. The average molecular weight is 403 g/mol. The van der Waals surface area contributed by atoms with Crippen LogP contribution >= 0.6 is 0 Å². The van der Waals surface area contributed by atoms with Crippen LogP contribution in [0.15, 0.2) is 18.2 Å². The molecule has 156 valence electrons. The lowest BCUT2D eigenvalue weighted by Gasteiger charge is -2.63. The highest BCUT2D eigenvalue weighted by atomic mass is 16.2. The molecule has 4 heteroatoms. The van der Waals surface area contributed by atoms with Crippen molar-refractivity contribution >= 4 is 17.3 Å². The number of hydrogen-bond acceptors (Lipinski definition) is 2. The maximum atomic E-state index is 13.5. The molecular formula is C26H32N3O+. The van der Waals surface area contributed by atoms with Crippen molar-refractivity contribution in [1.82, 2.24) is 4.90 Å². The Kier molecular flexibility index (Phi) is 3.70. The summed E-state index contributed by atoms with van der Waals surface area (Å²) in [5.74, 6) is 1.27. The van der Waals surface area contributed by atoms with Gasteiger partial charge in [-0.1, -0.05) is 26.0 Å². The molecule has 0 radical (unpaired) electrons. The number of fused-ring (bicyclic) bond motifs is 1. The molecule has 0 aromatic heterocycles. The highest BCUT2D eigenvalue weighted by Gasteiger charge is 2.60. The lowest BCUT2D eigenvalue weighted by atomic mass is 9.50. The molecule has 3 unspecified atom stereocenters. The summed E-state index contributed by atoms with van der Waals surface area (Å²) < 4.78 is 2.30. The van der Waals surface area contributed by atoms with Gasteiger partial charge in [-0.25, -0.2) is 0 Å². The number of amides is 1. The maximum absolute atomic E-state index is 13.5. The van der Waals surface area contributed by atoms with Crippen LogP contribution in [-0.4, -0.2) is 40.2 Å². The van der Waals surface area contributed by atoms with E-state index in [1.165, 1.54) is 35.4 Å². The Morgan fingerprint density at radius 3 is 2.60 bits per heavy atom. The number of nitriles is 1. The maximum Gasteiger partial charge on any atom is 0.223 e. The molecule has 0 N–H and O–H groups in total. The fourth-order valence-electron chi connectivity index (χ4n) is 7.82. The van der Waals surface area contributed by atoms with E-state index in [1.54, 1.807) is 0 Å². The van der Waals surface area contributed by atoms with E-state index in [2.05, 4.69) is 54.6 Å². The van der Waals surface area contributed by atoms with Crippen LogP contribution in [0.5, 0.6) is 0 Å². The zero-order chi connectivity index (χ0) is 20.8. The van der Waals surface area contributed by atoms with Gasteiger partial charge in [-0.3, -0.25) is 4.79 Å². The van der Waals surface area contributed by atoms with Crippen LogP contribution in [0.4, 0.5) is 5.69 Å². The number of carbonyl (C=O) groups is 1. The predicted molar refractivity (Wildman–Crippen MR) is 116 cm³/mol. The average Bonchev–Trinajstić information content (AvgIpc) is 3.51. The van der Waals surface area contributed by atoms with Crippen LogP contribution in [-0.2, 0) is 4.79 Å². The molecule has 3 aliphatic heterocycles. The highest BCUT2D eigenvalue weighted by molar-refractivity contribution is 6.09. The van der Waals surface area contributed by atoms with Crippen molar-refractivity contribution in [3.05, 3.63) is 29.3 Å². The van der Waals surface area contributed by atoms with Gasteiger partial charge in [-0.05, 0) is 61.8 Å². The molecule has 5 fully saturated rings. The second-order valence-electron chi connectivity index (χ2n) is 11.4. The first-order valence-corrected chi connectivity index (χ1v) is 11.8. The first-order chi connectivity index (χ1) is 14.3. The van der Waals surface area contributed by atoms with Gasteiger partial charge in [-0.15, -0.1) is 0 Å². The van der Waals surface area contributed by atoms with Crippen molar-refractivity contribution in [3.8, 4) is 6.07 Å². The molecule has 2 saturated heterocycles.